The predicted octanol–water partition coefficient (Wildman–Crippen LogP) is 4.74. The summed E-state index contributed by atoms with van der Waals surface area (Å²) in [6.07, 6.45) is 0. The summed E-state index contributed by atoms with van der Waals surface area (Å²) < 4.78 is 0. The number of rotatable bonds is 3. The summed E-state index contributed by atoms with van der Waals surface area (Å²) >= 11 is 0. The summed E-state index contributed by atoms with van der Waals surface area (Å²) in [7, 11) is 0. The normalized spacial score (nSPS) is 10.6. The molecule has 0 unspecified atom stereocenters. The highest BCUT2D eigenvalue weighted by molar-refractivity contribution is 6.13. The van der Waals surface area contributed by atoms with Gasteiger partial charge in [-0.1, -0.05) is 48.5 Å². The average molecular weight is 339 g/mol. The Kier molecular flexibility index (Phi) is 4.07. The number of hydrogen-bond acceptors (Lipinski definition) is 3. The number of nitrogens with one attached hydrogen (secondary N) is 1. The molecule has 1 aromatic heterocycles. The van der Waals surface area contributed by atoms with Gasteiger partial charge in [0, 0.05) is 22.3 Å². The third-order valence-electron chi connectivity index (χ3n) is 4.20. The van der Waals surface area contributed by atoms with Crippen LogP contribution in [0.2, 0.25) is 0 Å². The van der Waals surface area contributed by atoms with Gasteiger partial charge in [-0.2, -0.15) is 0 Å². The molecule has 0 fully saturated rings. The largest absolute Gasteiger partial charge is 0.399 e. The lowest BCUT2D eigenvalue weighted by Crippen LogP contribution is -2.13. The number of fused-ring (bicyclic) bond motifs is 1. The summed E-state index contributed by atoms with van der Waals surface area (Å²) in [6, 6.07) is 26.4. The first-order valence-electron chi connectivity index (χ1n) is 8.33. The molecule has 0 aliphatic carbocycles. The van der Waals surface area contributed by atoms with E-state index >= 15 is 0 Å². The molecule has 0 bridgehead atoms. The summed E-state index contributed by atoms with van der Waals surface area (Å²) in [5, 5.41) is 3.75. The van der Waals surface area contributed by atoms with Crippen LogP contribution in [0.15, 0.2) is 84.9 Å². The van der Waals surface area contributed by atoms with Crippen molar-refractivity contribution in [2.45, 2.75) is 0 Å². The van der Waals surface area contributed by atoms with Gasteiger partial charge in [-0.05, 0) is 36.4 Å². The second kappa shape index (κ2) is 6.69. The van der Waals surface area contributed by atoms with Crippen LogP contribution in [0, 0.1) is 0 Å². The van der Waals surface area contributed by atoms with Gasteiger partial charge in [-0.25, -0.2) is 4.98 Å². The fourth-order valence-corrected chi connectivity index (χ4v) is 2.88. The molecule has 0 radical (unpaired) electrons. The molecule has 4 nitrogen and oxygen atoms in total. The van der Waals surface area contributed by atoms with Gasteiger partial charge in [0.2, 0.25) is 0 Å². The van der Waals surface area contributed by atoms with Gasteiger partial charge >= 0.3 is 0 Å². The molecule has 0 aliphatic heterocycles. The Morgan fingerprint density at radius 1 is 0.846 bits per heavy atom. The van der Waals surface area contributed by atoms with Gasteiger partial charge in [-0.3, -0.25) is 4.79 Å². The molecule has 0 spiro atoms. The summed E-state index contributed by atoms with van der Waals surface area (Å²) in [5.41, 5.74) is 10.2. The Morgan fingerprint density at radius 3 is 2.31 bits per heavy atom. The molecule has 4 aromatic rings. The van der Waals surface area contributed by atoms with Gasteiger partial charge in [0.15, 0.2) is 0 Å². The lowest BCUT2D eigenvalue weighted by molar-refractivity contribution is 0.102. The number of carbonyl (C=O) groups is 1. The minimum atomic E-state index is -0.175. The number of para-hydroxylation sites is 1. The second-order valence-corrected chi connectivity index (χ2v) is 6.01. The number of pyridine rings is 1. The van der Waals surface area contributed by atoms with Crippen LogP contribution in [0.5, 0.6) is 0 Å². The Labute approximate surface area is 151 Å². The van der Waals surface area contributed by atoms with Crippen LogP contribution in [-0.2, 0) is 0 Å². The van der Waals surface area contributed by atoms with E-state index in [0.717, 1.165) is 22.2 Å². The average Bonchev–Trinajstić information content (AvgIpc) is 2.69. The van der Waals surface area contributed by atoms with Gasteiger partial charge in [0.25, 0.3) is 5.91 Å². The van der Waals surface area contributed by atoms with Crippen molar-refractivity contribution in [1.29, 1.82) is 0 Å². The van der Waals surface area contributed by atoms with Crippen molar-refractivity contribution in [2.75, 3.05) is 11.1 Å². The first-order valence-corrected chi connectivity index (χ1v) is 8.33. The fourth-order valence-electron chi connectivity index (χ4n) is 2.88. The number of nitrogens with zero attached hydrogens (tertiary/aromatic N) is 1. The van der Waals surface area contributed by atoms with Crippen molar-refractivity contribution < 1.29 is 4.79 Å². The van der Waals surface area contributed by atoms with Crippen LogP contribution >= 0.6 is 0 Å². The lowest BCUT2D eigenvalue weighted by Gasteiger charge is -2.11. The van der Waals surface area contributed by atoms with E-state index in [1.807, 2.05) is 60.7 Å². The molecule has 3 N–H and O–H groups in total. The molecule has 1 amide bonds. The number of amides is 1. The second-order valence-electron chi connectivity index (χ2n) is 6.01. The number of aromatic nitrogens is 1. The van der Waals surface area contributed by atoms with E-state index in [1.54, 1.807) is 24.3 Å². The molecule has 4 heteroatoms. The lowest BCUT2D eigenvalue weighted by atomic mass is 10.0. The molecular formula is C22H17N3O. The molecular weight excluding hydrogens is 322 g/mol. The summed E-state index contributed by atoms with van der Waals surface area (Å²) in [5.74, 6) is -0.175. The molecule has 1 heterocycles. The van der Waals surface area contributed by atoms with Crippen LogP contribution in [0.1, 0.15) is 10.4 Å². The number of nitrogens with two attached hydrogens (primary N) is 1. The zero-order valence-electron chi connectivity index (χ0n) is 14.0. The van der Waals surface area contributed by atoms with Crippen LogP contribution in [0.3, 0.4) is 0 Å². The standard InChI is InChI=1S/C22H17N3O/c23-16-10-12-17(13-11-16)24-22(26)19-14-21(15-6-2-1-3-7-15)25-20-9-5-4-8-18(19)20/h1-14H,23H2,(H,24,26). The highest BCUT2D eigenvalue weighted by Crippen LogP contribution is 2.25. The molecule has 0 saturated carbocycles. The molecule has 0 atom stereocenters. The quantitative estimate of drug-likeness (QED) is 0.530. The van der Waals surface area contributed by atoms with Gasteiger partial charge in [0.05, 0.1) is 16.8 Å². The maximum atomic E-state index is 12.9. The van der Waals surface area contributed by atoms with E-state index in [2.05, 4.69) is 5.32 Å². The van der Waals surface area contributed by atoms with E-state index in [9.17, 15) is 4.79 Å². The van der Waals surface area contributed by atoms with Crippen LogP contribution < -0.4 is 11.1 Å². The Morgan fingerprint density at radius 2 is 1.54 bits per heavy atom. The maximum absolute atomic E-state index is 12.9. The zero-order valence-corrected chi connectivity index (χ0v) is 14.0. The molecule has 126 valence electrons. The Bertz CT molecular complexity index is 1070. The smallest absolute Gasteiger partial charge is 0.256 e. The first kappa shape index (κ1) is 15.8. The highest BCUT2D eigenvalue weighted by atomic mass is 16.1. The number of benzene rings is 3. The minimum Gasteiger partial charge on any atom is -0.399 e. The monoisotopic (exact) mass is 339 g/mol. The number of anilines is 2. The van der Waals surface area contributed by atoms with Crippen LogP contribution in [-0.4, -0.2) is 10.9 Å². The molecule has 26 heavy (non-hydrogen) atoms. The van der Waals surface area contributed by atoms with Crippen LogP contribution in [0.4, 0.5) is 11.4 Å². The maximum Gasteiger partial charge on any atom is 0.256 e. The Balaban J connectivity index is 1.79. The SMILES string of the molecule is Nc1ccc(NC(=O)c2cc(-c3ccccc3)nc3ccccc23)cc1. The van der Waals surface area contributed by atoms with Gasteiger partial charge < -0.3 is 11.1 Å². The topological polar surface area (TPSA) is 68.0 Å². The molecule has 0 saturated heterocycles. The minimum absolute atomic E-state index is 0.175. The first-order chi connectivity index (χ1) is 12.7. The van der Waals surface area contributed by atoms with Crippen LogP contribution in [0.25, 0.3) is 22.2 Å². The number of hydrogen-bond donors (Lipinski definition) is 2. The highest BCUT2D eigenvalue weighted by Gasteiger charge is 2.14. The molecule has 0 aliphatic rings. The van der Waals surface area contributed by atoms with E-state index in [0.29, 0.717) is 16.9 Å². The fraction of sp³-hybridized carbons (Fsp3) is 0. The van der Waals surface area contributed by atoms with Crippen molar-refractivity contribution in [3.8, 4) is 11.3 Å². The van der Waals surface area contributed by atoms with E-state index in [-0.39, 0.29) is 5.91 Å². The van der Waals surface area contributed by atoms with E-state index in [4.69, 9.17) is 10.7 Å². The zero-order chi connectivity index (χ0) is 17.9. The van der Waals surface area contributed by atoms with Crippen molar-refractivity contribution >= 4 is 28.2 Å². The summed E-state index contributed by atoms with van der Waals surface area (Å²) in [4.78, 5) is 17.6. The van der Waals surface area contributed by atoms with E-state index in [1.165, 1.54) is 0 Å². The van der Waals surface area contributed by atoms with Crippen molar-refractivity contribution in [1.82, 2.24) is 4.98 Å². The van der Waals surface area contributed by atoms with Crippen molar-refractivity contribution in [2.24, 2.45) is 0 Å². The third-order valence-corrected chi connectivity index (χ3v) is 4.20. The number of carbonyl (C=O) groups excluding carboxylic acids is 1. The van der Waals surface area contributed by atoms with Gasteiger partial charge in [-0.15, -0.1) is 0 Å². The van der Waals surface area contributed by atoms with Crippen molar-refractivity contribution in [3.63, 3.8) is 0 Å². The molecule has 4 rings (SSSR count). The predicted molar refractivity (Wildman–Crippen MR) is 106 cm³/mol. The van der Waals surface area contributed by atoms with Crippen molar-refractivity contribution in [3.05, 3.63) is 90.5 Å². The summed E-state index contributed by atoms with van der Waals surface area (Å²) in [6.45, 7) is 0. The van der Waals surface area contributed by atoms with Gasteiger partial charge in [0.1, 0.15) is 0 Å². The Hall–Kier alpha value is -3.66. The third kappa shape index (κ3) is 3.13. The van der Waals surface area contributed by atoms with E-state index < -0.39 is 0 Å². The molecule has 3 aromatic carbocycles. The number of nitrogen functional groups attached to an aromatic ring is 1.